The summed E-state index contributed by atoms with van der Waals surface area (Å²) >= 11 is 0. The number of hydrogen-bond donors (Lipinski definition) is 1. The Morgan fingerprint density at radius 3 is 1.52 bits per heavy atom. The normalized spacial score (nSPS) is 11.6. The molecule has 2 aromatic rings. The molecule has 0 atom stereocenters. The Hall–Kier alpha value is -1.31. The third-order valence-electron chi connectivity index (χ3n) is 7.21. The highest BCUT2D eigenvalue weighted by Crippen LogP contribution is 2.21. The Balaban J connectivity index is 1.57. The minimum Gasteiger partial charge on any atom is -0.342 e. The van der Waals surface area contributed by atoms with Crippen LogP contribution in [0.25, 0.3) is 11.0 Å². The van der Waals surface area contributed by atoms with Crippen molar-refractivity contribution in [3.8, 4) is 0 Å². The van der Waals surface area contributed by atoms with Crippen molar-refractivity contribution in [1.82, 2.24) is 9.97 Å². The lowest BCUT2D eigenvalue weighted by Gasteiger charge is -2.04. The molecule has 2 rings (SSSR count). The summed E-state index contributed by atoms with van der Waals surface area (Å²) in [5.74, 6) is 1.19. The quantitative estimate of drug-likeness (QED) is 0.176. The first kappa shape index (κ1) is 27.9. The lowest BCUT2D eigenvalue weighted by Crippen LogP contribution is -1.90. The third-order valence-corrected chi connectivity index (χ3v) is 7.21. The molecule has 0 amide bonds. The largest absolute Gasteiger partial charge is 0.342 e. The number of rotatable bonds is 22. The summed E-state index contributed by atoms with van der Waals surface area (Å²) in [6.07, 6.45) is 30.2. The van der Waals surface area contributed by atoms with Gasteiger partial charge in [0.15, 0.2) is 0 Å². The Labute approximate surface area is 205 Å². The number of nitrogens with one attached hydrogen (secondary N) is 1. The van der Waals surface area contributed by atoms with Gasteiger partial charge in [-0.2, -0.15) is 0 Å². The highest BCUT2D eigenvalue weighted by atomic mass is 14.9. The number of hydrogen-bond acceptors (Lipinski definition) is 1. The number of fused-ring (bicyclic) bond motifs is 1. The van der Waals surface area contributed by atoms with Crippen LogP contribution in [0.4, 0.5) is 0 Å². The van der Waals surface area contributed by atoms with Crippen molar-refractivity contribution in [1.29, 1.82) is 0 Å². The zero-order valence-electron chi connectivity index (χ0n) is 22.2. The van der Waals surface area contributed by atoms with E-state index >= 15 is 0 Å². The molecule has 0 aliphatic carbocycles. The van der Waals surface area contributed by atoms with E-state index in [9.17, 15) is 0 Å². The zero-order chi connectivity index (χ0) is 23.4. The molecule has 0 saturated heterocycles. The second-order valence-electron chi connectivity index (χ2n) is 10.4. The van der Waals surface area contributed by atoms with Gasteiger partial charge in [-0.05, 0) is 30.9 Å². The second kappa shape index (κ2) is 19.0. The lowest BCUT2D eigenvalue weighted by molar-refractivity contribution is 0.554. The monoisotopic (exact) mass is 454 g/mol. The standard InChI is InChI=1S/C31H54N2/c1-3-5-7-9-11-13-15-17-19-21-24-28-25-23-26-29-31(28)33-30(32-29)27-22-20-18-16-14-12-10-8-6-4-2/h23,25-26H,3-22,24,27H2,1-2H3,(H,32,33). The van der Waals surface area contributed by atoms with E-state index in [-0.39, 0.29) is 0 Å². The molecule has 33 heavy (non-hydrogen) atoms. The van der Waals surface area contributed by atoms with Crippen LogP contribution in [-0.4, -0.2) is 9.97 Å². The molecule has 0 bridgehead atoms. The summed E-state index contributed by atoms with van der Waals surface area (Å²) in [4.78, 5) is 8.59. The van der Waals surface area contributed by atoms with E-state index in [0.29, 0.717) is 0 Å². The minimum atomic E-state index is 1.10. The molecule has 0 aliphatic rings. The van der Waals surface area contributed by atoms with Crippen molar-refractivity contribution >= 4 is 11.0 Å². The zero-order valence-corrected chi connectivity index (χ0v) is 22.2. The predicted octanol–water partition coefficient (Wildman–Crippen LogP) is 10.5. The van der Waals surface area contributed by atoms with Crippen molar-refractivity contribution in [2.24, 2.45) is 0 Å². The molecule has 1 N–H and O–H groups in total. The van der Waals surface area contributed by atoms with Crippen LogP contribution in [0.5, 0.6) is 0 Å². The molecule has 188 valence electrons. The van der Waals surface area contributed by atoms with Crippen LogP contribution in [0.1, 0.15) is 154 Å². The average molecular weight is 455 g/mol. The number of aryl methyl sites for hydroxylation is 2. The second-order valence-corrected chi connectivity index (χ2v) is 10.4. The van der Waals surface area contributed by atoms with E-state index in [0.717, 1.165) is 6.42 Å². The molecule has 2 heteroatoms. The molecule has 0 spiro atoms. The summed E-state index contributed by atoms with van der Waals surface area (Å²) in [6.45, 7) is 4.59. The molecule has 1 heterocycles. The summed E-state index contributed by atoms with van der Waals surface area (Å²) in [5, 5.41) is 0. The van der Waals surface area contributed by atoms with E-state index in [1.54, 1.807) is 0 Å². The van der Waals surface area contributed by atoms with E-state index in [2.05, 4.69) is 37.0 Å². The smallest absolute Gasteiger partial charge is 0.107 e. The van der Waals surface area contributed by atoms with Gasteiger partial charge in [-0.15, -0.1) is 0 Å². The van der Waals surface area contributed by atoms with E-state index in [4.69, 9.17) is 4.98 Å². The summed E-state index contributed by atoms with van der Waals surface area (Å²) in [5.41, 5.74) is 3.91. The molecule has 2 nitrogen and oxygen atoms in total. The summed E-state index contributed by atoms with van der Waals surface area (Å²) in [6, 6.07) is 6.70. The van der Waals surface area contributed by atoms with Crippen LogP contribution < -0.4 is 0 Å². The number of para-hydroxylation sites is 1. The van der Waals surface area contributed by atoms with Gasteiger partial charge in [-0.25, -0.2) is 4.98 Å². The molecule has 1 aromatic carbocycles. The molecule has 0 fully saturated rings. The van der Waals surface area contributed by atoms with Crippen LogP contribution in [-0.2, 0) is 12.8 Å². The molecule has 0 unspecified atom stereocenters. The Morgan fingerprint density at radius 2 is 1.00 bits per heavy atom. The van der Waals surface area contributed by atoms with Crippen LogP contribution in [0, 0.1) is 0 Å². The number of nitrogens with zero attached hydrogens (tertiary/aromatic N) is 1. The Morgan fingerprint density at radius 1 is 0.545 bits per heavy atom. The van der Waals surface area contributed by atoms with Crippen LogP contribution >= 0.6 is 0 Å². The molecular formula is C31H54N2. The number of aromatic nitrogens is 2. The fourth-order valence-corrected chi connectivity index (χ4v) is 5.05. The van der Waals surface area contributed by atoms with Gasteiger partial charge in [0.1, 0.15) is 5.82 Å². The Kier molecular flexibility index (Phi) is 16.1. The van der Waals surface area contributed by atoms with Crippen molar-refractivity contribution in [2.45, 2.75) is 155 Å². The van der Waals surface area contributed by atoms with Crippen LogP contribution in [0.3, 0.4) is 0 Å². The maximum Gasteiger partial charge on any atom is 0.107 e. The number of unbranched alkanes of at least 4 members (excludes halogenated alkanes) is 18. The van der Waals surface area contributed by atoms with E-state index in [1.165, 1.54) is 157 Å². The van der Waals surface area contributed by atoms with Gasteiger partial charge < -0.3 is 4.98 Å². The van der Waals surface area contributed by atoms with Gasteiger partial charge in [0.05, 0.1) is 11.0 Å². The SMILES string of the molecule is CCCCCCCCCCCCc1nc2c(CCCCCCCCCCCC)cccc2[nH]1. The van der Waals surface area contributed by atoms with Gasteiger partial charge in [0, 0.05) is 6.42 Å². The first-order valence-corrected chi connectivity index (χ1v) is 14.8. The average Bonchev–Trinajstić information content (AvgIpc) is 3.25. The van der Waals surface area contributed by atoms with Crippen molar-refractivity contribution < 1.29 is 0 Å². The minimum absolute atomic E-state index is 1.10. The summed E-state index contributed by atoms with van der Waals surface area (Å²) in [7, 11) is 0. The number of benzene rings is 1. The van der Waals surface area contributed by atoms with Crippen molar-refractivity contribution in [3.05, 3.63) is 29.6 Å². The first-order valence-electron chi connectivity index (χ1n) is 14.8. The van der Waals surface area contributed by atoms with E-state index in [1.807, 2.05) is 0 Å². The topological polar surface area (TPSA) is 28.7 Å². The number of H-pyrrole nitrogens is 1. The van der Waals surface area contributed by atoms with Crippen LogP contribution in [0.2, 0.25) is 0 Å². The maximum atomic E-state index is 5.00. The summed E-state index contributed by atoms with van der Waals surface area (Å²) < 4.78 is 0. The third kappa shape index (κ3) is 12.6. The van der Waals surface area contributed by atoms with Gasteiger partial charge >= 0.3 is 0 Å². The highest BCUT2D eigenvalue weighted by molar-refractivity contribution is 5.78. The number of imidazole rings is 1. The molecule has 0 saturated carbocycles. The maximum absolute atomic E-state index is 5.00. The Bertz CT molecular complexity index is 702. The predicted molar refractivity (Wildman–Crippen MR) is 147 cm³/mol. The van der Waals surface area contributed by atoms with Crippen molar-refractivity contribution in [3.63, 3.8) is 0 Å². The molecule has 0 aliphatic heterocycles. The molecule has 1 aromatic heterocycles. The first-order chi connectivity index (χ1) is 16.3. The highest BCUT2D eigenvalue weighted by Gasteiger charge is 2.07. The van der Waals surface area contributed by atoms with Gasteiger partial charge in [0.2, 0.25) is 0 Å². The molecule has 0 radical (unpaired) electrons. The van der Waals surface area contributed by atoms with E-state index < -0.39 is 0 Å². The lowest BCUT2D eigenvalue weighted by atomic mass is 10.0. The molecular weight excluding hydrogens is 400 g/mol. The fourth-order valence-electron chi connectivity index (χ4n) is 5.05. The van der Waals surface area contributed by atoms with Gasteiger partial charge in [-0.3, -0.25) is 0 Å². The van der Waals surface area contributed by atoms with Crippen molar-refractivity contribution in [2.75, 3.05) is 0 Å². The van der Waals surface area contributed by atoms with Crippen LogP contribution in [0.15, 0.2) is 18.2 Å². The van der Waals surface area contributed by atoms with Gasteiger partial charge in [0.25, 0.3) is 0 Å². The van der Waals surface area contributed by atoms with Gasteiger partial charge in [-0.1, -0.05) is 142 Å². The fraction of sp³-hybridized carbons (Fsp3) is 0.774. The number of aromatic amines is 1.